The van der Waals surface area contributed by atoms with Gasteiger partial charge in [-0.3, -0.25) is 9.59 Å². The summed E-state index contributed by atoms with van der Waals surface area (Å²) in [5.41, 5.74) is 0.601. The lowest BCUT2D eigenvalue weighted by Crippen LogP contribution is -2.41. The molecule has 6 heteroatoms. The highest BCUT2D eigenvalue weighted by molar-refractivity contribution is 5.88. The highest BCUT2D eigenvalue weighted by Crippen LogP contribution is 2.23. The van der Waals surface area contributed by atoms with E-state index in [1.165, 1.54) is 13.8 Å². The van der Waals surface area contributed by atoms with Crippen molar-refractivity contribution in [3.8, 4) is 0 Å². The Labute approximate surface area is 129 Å². The molecular weight excluding hydrogens is 284 g/mol. The van der Waals surface area contributed by atoms with Gasteiger partial charge in [-0.2, -0.15) is 0 Å². The van der Waals surface area contributed by atoms with Crippen molar-refractivity contribution < 1.29 is 19.1 Å². The molecule has 6 nitrogen and oxygen atoms in total. The van der Waals surface area contributed by atoms with E-state index < -0.39 is 18.1 Å². The summed E-state index contributed by atoms with van der Waals surface area (Å²) in [5, 5.41) is 5.28. The Kier molecular flexibility index (Phi) is 5.14. The van der Waals surface area contributed by atoms with E-state index in [4.69, 9.17) is 4.74 Å². The Morgan fingerprint density at radius 1 is 1.18 bits per heavy atom. The van der Waals surface area contributed by atoms with Gasteiger partial charge in [0.15, 0.2) is 0 Å². The zero-order valence-electron chi connectivity index (χ0n) is 12.7. The molecule has 0 heterocycles. The van der Waals surface area contributed by atoms with Crippen LogP contribution >= 0.6 is 0 Å². The van der Waals surface area contributed by atoms with Crippen molar-refractivity contribution in [1.29, 1.82) is 0 Å². The number of hydrogen-bond acceptors (Lipinski definition) is 4. The van der Waals surface area contributed by atoms with E-state index in [-0.39, 0.29) is 17.9 Å². The molecule has 0 aromatic heterocycles. The number of nitrogens with one attached hydrogen (secondary N) is 2. The summed E-state index contributed by atoms with van der Waals surface area (Å²) in [5.74, 6) is -1.31. The van der Waals surface area contributed by atoms with E-state index in [0.29, 0.717) is 5.56 Å². The van der Waals surface area contributed by atoms with Crippen LogP contribution in [-0.2, 0) is 19.1 Å². The number of benzene rings is 1. The first-order valence-corrected chi connectivity index (χ1v) is 7.30. The zero-order chi connectivity index (χ0) is 16.1. The highest BCUT2D eigenvalue weighted by Gasteiger charge is 2.31. The zero-order valence-corrected chi connectivity index (χ0v) is 12.7. The van der Waals surface area contributed by atoms with E-state index in [1.54, 1.807) is 24.3 Å². The molecule has 1 aromatic carbocycles. The molecule has 1 saturated carbocycles. The van der Waals surface area contributed by atoms with Gasteiger partial charge in [0.2, 0.25) is 12.0 Å². The second-order valence-electron chi connectivity index (χ2n) is 5.43. The fraction of sp³-hybridized carbons (Fsp3) is 0.438. The summed E-state index contributed by atoms with van der Waals surface area (Å²) in [6.07, 6.45) is 0.887. The second-order valence-corrected chi connectivity index (χ2v) is 5.43. The third kappa shape index (κ3) is 4.58. The van der Waals surface area contributed by atoms with Crippen LogP contribution in [0.2, 0.25) is 0 Å². The monoisotopic (exact) mass is 304 g/mol. The molecule has 0 saturated heterocycles. The van der Waals surface area contributed by atoms with Crippen LogP contribution in [0.15, 0.2) is 30.3 Å². The van der Waals surface area contributed by atoms with Gasteiger partial charge in [0.05, 0.1) is 0 Å². The molecule has 2 amide bonds. The van der Waals surface area contributed by atoms with Gasteiger partial charge in [-0.15, -0.1) is 0 Å². The molecule has 0 aliphatic heterocycles. The maximum atomic E-state index is 12.3. The van der Waals surface area contributed by atoms with Crippen LogP contribution in [0.1, 0.15) is 38.4 Å². The largest absolute Gasteiger partial charge is 0.446 e. The van der Waals surface area contributed by atoms with Gasteiger partial charge in [-0.1, -0.05) is 30.3 Å². The maximum absolute atomic E-state index is 12.3. The third-order valence-electron chi connectivity index (χ3n) is 3.27. The van der Waals surface area contributed by atoms with Crippen LogP contribution in [0, 0.1) is 0 Å². The minimum atomic E-state index is -1.01. The maximum Gasteiger partial charge on any atom is 0.329 e. The fourth-order valence-corrected chi connectivity index (χ4v) is 1.99. The number of carbonyl (C=O) groups excluding carboxylic acids is 3. The second kappa shape index (κ2) is 7.06. The summed E-state index contributed by atoms with van der Waals surface area (Å²) in [6, 6.07) is 8.19. The molecule has 1 aliphatic rings. The SMILES string of the molecule is CC(=O)N[C@@H](C)C(=O)O[C@@H](C(=O)NC1CC1)c1ccccc1. The quantitative estimate of drug-likeness (QED) is 0.770. The van der Waals surface area contributed by atoms with Gasteiger partial charge in [0.1, 0.15) is 6.04 Å². The highest BCUT2D eigenvalue weighted by atomic mass is 16.5. The van der Waals surface area contributed by atoms with Gasteiger partial charge in [0.25, 0.3) is 5.91 Å². The molecular formula is C16H20N2O4. The van der Waals surface area contributed by atoms with Crippen LogP contribution in [0.5, 0.6) is 0 Å². The van der Waals surface area contributed by atoms with Gasteiger partial charge < -0.3 is 15.4 Å². The standard InChI is InChI=1S/C16H20N2O4/c1-10(17-11(2)19)16(21)22-14(12-6-4-3-5-7-12)15(20)18-13-8-9-13/h3-7,10,13-14H,8-9H2,1-2H3,(H,17,19)(H,18,20)/t10-,14+/m0/s1. The number of hydrogen-bond donors (Lipinski definition) is 2. The average Bonchev–Trinajstić information content (AvgIpc) is 3.28. The van der Waals surface area contributed by atoms with E-state index in [0.717, 1.165) is 12.8 Å². The van der Waals surface area contributed by atoms with Gasteiger partial charge in [-0.05, 0) is 19.8 Å². The van der Waals surface area contributed by atoms with E-state index in [9.17, 15) is 14.4 Å². The number of rotatable bonds is 6. The number of carbonyl (C=O) groups is 3. The summed E-state index contributed by atoms with van der Waals surface area (Å²) in [4.78, 5) is 35.4. The Balaban J connectivity index is 2.08. The molecule has 118 valence electrons. The van der Waals surface area contributed by atoms with Crippen LogP contribution in [0.25, 0.3) is 0 Å². The Morgan fingerprint density at radius 2 is 1.82 bits per heavy atom. The number of esters is 1. The van der Waals surface area contributed by atoms with E-state index in [1.807, 2.05) is 6.07 Å². The predicted molar refractivity (Wildman–Crippen MR) is 79.7 cm³/mol. The number of amides is 2. The van der Waals surface area contributed by atoms with Crippen molar-refractivity contribution in [3.63, 3.8) is 0 Å². The van der Waals surface area contributed by atoms with Crippen molar-refractivity contribution in [2.24, 2.45) is 0 Å². The molecule has 0 radical (unpaired) electrons. The minimum absolute atomic E-state index is 0.171. The predicted octanol–water partition coefficient (Wildman–Crippen LogP) is 1.07. The first kappa shape index (κ1) is 16.0. The fourth-order valence-electron chi connectivity index (χ4n) is 1.99. The van der Waals surface area contributed by atoms with Crippen LogP contribution in [0.3, 0.4) is 0 Å². The van der Waals surface area contributed by atoms with Gasteiger partial charge in [-0.25, -0.2) is 4.79 Å². The molecule has 1 aliphatic carbocycles. The lowest BCUT2D eigenvalue weighted by Gasteiger charge is -2.20. The molecule has 2 rings (SSSR count). The van der Waals surface area contributed by atoms with E-state index >= 15 is 0 Å². The summed E-state index contributed by atoms with van der Waals surface area (Å²) in [7, 11) is 0. The lowest BCUT2D eigenvalue weighted by molar-refractivity contribution is -0.158. The first-order chi connectivity index (χ1) is 10.5. The van der Waals surface area contributed by atoms with Crippen LogP contribution < -0.4 is 10.6 Å². The summed E-state index contributed by atoms with van der Waals surface area (Å²) in [6.45, 7) is 2.84. The van der Waals surface area contributed by atoms with E-state index in [2.05, 4.69) is 10.6 Å². The van der Waals surface area contributed by atoms with Crippen molar-refractivity contribution in [1.82, 2.24) is 10.6 Å². The Bertz CT molecular complexity index is 555. The van der Waals surface area contributed by atoms with Crippen molar-refractivity contribution in [2.45, 2.75) is 44.9 Å². The molecule has 0 spiro atoms. The van der Waals surface area contributed by atoms with Gasteiger partial charge >= 0.3 is 5.97 Å². The summed E-state index contributed by atoms with van der Waals surface area (Å²) >= 11 is 0. The lowest BCUT2D eigenvalue weighted by atomic mass is 10.1. The first-order valence-electron chi connectivity index (χ1n) is 7.30. The average molecular weight is 304 g/mol. The summed E-state index contributed by atoms with van der Waals surface area (Å²) < 4.78 is 5.32. The molecule has 0 bridgehead atoms. The van der Waals surface area contributed by atoms with Gasteiger partial charge in [0, 0.05) is 18.5 Å². The topological polar surface area (TPSA) is 84.5 Å². The third-order valence-corrected chi connectivity index (χ3v) is 3.27. The van der Waals surface area contributed by atoms with Crippen molar-refractivity contribution >= 4 is 17.8 Å². The molecule has 2 atom stereocenters. The van der Waals surface area contributed by atoms with Crippen LogP contribution in [0.4, 0.5) is 0 Å². The molecule has 1 aromatic rings. The molecule has 1 fully saturated rings. The number of ether oxygens (including phenoxy) is 1. The van der Waals surface area contributed by atoms with Crippen LogP contribution in [-0.4, -0.2) is 29.9 Å². The molecule has 22 heavy (non-hydrogen) atoms. The van der Waals surface area contributed by atoms with Crippen molar-refractivity contribution in [2.75, 3.05) is 0 Å². The Morgan fingerprint density at radius 3 is 2.36 bits per heavy atom. The smallest absolute Gasteiger partial charge is 0.329 e. The van der Waals surface area contributed by atoms with Crippen molar-refractivity contribution in [3.05, 3.63) is 35.9 Å². The molecule has 2 N–H and O–H groups in total. The minimum Gasteiger partial charge on any atom is -0.446 e. The normalized spacial score (nSPS) is 16.3. The molecule has 0 unspecified atom stereocenters. The Hall–Kier alpha value is -2.37.